The molecule has 0 spiro atoms. The van der Waals surface area contributed by atoms with Gasteiger partial charge in [-0.2, -0.15) is 0 Å². The number of carboxylic acid groups (broad SMARTS) is 1. The van der Waals surface area contributed by atoms with Crippen LogP contribution < -0.4 is 9.47 Å². The van der Waals surface area contributed by atoms with Crippen LogP contribution in [0.15, 0.2) is 12.1 Å². The highest BCUT2D eigenvalue weighted by Gasteiger charge is 2.35. The van der Waals surface area contributed by atoms with E-state index in [-0.39, 0.29) is 18.7 Å². The molecule has 150 valence electrons. The van der Waals surface area contributed by atoms with Crippen molar-refractivity contribution in [2.45, 2.75) is 32.2 Å². The number of sulfone groups is 1. The molecule has 9 heteroatoms. The molecule has 0 saturated heterocycles. The molecule has 1 aromatic carbocycles. The first-order valence-corrected chi connectivity index (χ1v) is 10.5. The molecular weight excluding hydrogens is 374 g/mol. The molecule has 1 aliphatic rings. The van der Waals surface area contributed by atoms with E-state index in [9.17, 15) is 23.1 Å². The Morgan fingerprint density at radius 2 is 1.85 bits per heavy atom. The monoisotopic (exact) mass is 399 g/mol. The van der Waals surface area contributed by atoms with Gasteiger partial charge in [0.1, 0.15) is 5.75 Å². The zero-order valence-corrected chi connectivity index (χ0v) is 16.5. The topological polar surface area (TPSA) is 110 Å². The lowest BCUT2D eigenvalue weighted by molar-refractivity contribution is -0.140. The summed E-state index contributed by atoms with van der Waals surface area (Å²) in [5.74, 6) is -1.38. The lowest BCUT2D eigenvalue weighted by Gasteiger charge is -2.37. The molecule has 0 bridgehead atoms. The summed E-state index contributed by atoms with van der Waals surface area (Å²) in [6.45, 7) is 1.98. The molecule has 2 rings (SSSR count). The number of hydrogen-bond donors (Lipinski definition) is 1. The molecule has 1 aliphatic heterocycles. The summed E-state index contributed by atoms with van der Waals surface area (Å²) in [6.07, 6.45) is 0.585. The normalized spacial score (nSPS) is 16.6. The largest absolute Gasteiger partial charge is 0.493 e. The van der Waals surface area contributed by atoms with Gasteiger partial charge in [-0.3, -0.25) is 9.59 Å². The van der Waals surface area contributed by atoms with Crippen LogP contribution in [-0.2, 0) is 25.8 Å². The summed E-state index contributed by atoms with van der Waals surface area (Å²) in [6, 6.07) is 2.69. The summed E-state index contributed by atoms with van der Waals surface area (Å²) in [5, 5.41) is 9.32. The first kappa shape index (κ1) is 21.0. The molecule has 1 amide bonds. The summed E-state index contributed by atoms with van der Waals surface area (Å²) in [7, 11) is -0.534. The van der Waals surface area contributed by atoms with E-state index >= 15 is 0 Å². The second-order valence-corrected chi connectivity index (χ2v) is 8.63. The van der Waals surface area contributed by atoms with E-state index in [4.69, 9.17) is 9.47 Å². The molecule has 1 aromatic rings. The fourth-order valence-corrected chi connectivity index (χ4v) is 4.67. The Kier molecular flexibility index (Phi) is 6.69. The van der Waals surface area contributed by atoms with Crippen LogP contribution in [0.3, 0.4) is 0 Å². The van der Waals surface area contributed by atoms with Gasteiger partial charge in [0.15, 0.2) is 21.3 Å². The molecule has 1 atom stereocenters. The molecule has 1 heterocycles. The van der Waals surface area contributed by atoms with Crippen molar-refractivity contribution in [3.8, 4) is 11.5 Å². The Morgan fingerprint density at radius 3 is 2.41 bits per heavy atom. The summed E-state index contributed by atoms with van der Waals surface area (Å²) < 4.78 is 34.7. The number of rotatable bonds is 8. The molecule has 1 unspecified atom stereocenters. The fourth-order valence-electron chi connectivity index (χ4n) is 3.37. The van der Waals surface area contributed by atoms with Crippen LogP contribution in [0.25, 0.3) is 0 Å². The average Bonchev–Trinajstić information content (AvgIpc) is 2.59. The number of benzene rings is 1. The first-order chi connectivity index (χ1) is 12.7. The minimum atomic E-state index is -3.52. The molecule has 0 radical (unpaired) electrons. The molecule has 0 fully saturated rings. The van der Waals surface area contributed by atoms with E-state index in [1.165, 1.54) is 19.1 Å². The van der Waals surface area contributed by atoms with E-state index in [0.717, 1.165) is 5.56 Å². The van der Waals surface area contributed by atoms with E-state index in [1.54, 1.807) is 19.1 Å². The molecule has 0 aliphatic carbocycles. The van der Waals surface area contributed by atoms with Gasteiger partial charge < -0.3 is 19.5 Å². The third-order valence-corrected chi connectivity index (χ3v) is 6.27. The number of amides is 1. The first-order valence-electron chi connectivity index (χ1n) is 8.68. The van der Waals surface area contributed by atoms with E-state index in [0.29, 0.717) is 29.9 Å². The highest BCUT2D eigenvalue weighted by Crippen LogP contribution is 2.39. The zero-order valence-electron chi connectivity index (χ0n) is 15.7. The van der Waals surface area contributed by atoms with Gasteiger partial charge in [-0.25, -0.2) is 8.42 Å². The Bertz CT molecular complexity index is 819. The van der Waals surface area contributed by atoms with Crippen molar-refractivity contribution in [2.75, 3.05) is 32.3 Å². The fraction of sp³-hybridized carbons (Fsp3) is 0.556. The third kappa shape index (κ3) is 4.91. The quantitative estimate of drug-likeness (QED) is 0.704. The minimum Gasteiger partial charge on any atom is -0.493 e. The Hall–Kier alpha value is -2.29. The number of hydrogen-bond acceptors (Lipinski definition) is 6. The van der Waals surface area contributed by atoms with Crippen molar-refractivity contribution in [3.05, 3.63) is 23.3 Å². The van der Waals surface area contributed by atoms with Crippen molar-refractivity contribution < 1.29 is 32.6 Å². The van der Waals surface area contributed by atoms with Gasteiger partial charge in [0, 0.05) is 6.54 Å². The number of methoxy groups -OCH3 is 2. The van der Waals surface area contributed by atoms with Gasteiger partial charge in [-0.05, 0) is 36.1 Å². The number of carbonyl (C=O) groups excluding carboxylic acids is 1. The van der Waals surface area contributed by atoms with E-state index in [1.807, 2.05) is 0 Å². The number of aliphatic carboxylic acids is 1. The Morgan fingerprint density at radius 1 is 1.22 bits per heavy atom. The van der Waals surface area contributed by atoms with E-state index < -0.39 is 33.5 Å². The highest BCUT2D eigenvalue weighted by atomic mass is 32.2. The van der Waals surface area contributed by atoms with Crippen LogP contribution in [0.5, 0.6) is 11.5 Å². The summed E-state index contributed by atoms with van der Waals surface area (Å²) >= 11 is 0. The van der Waals surface area contributed by atoms with Gasteiger partial charge >= 0.3 is 5.97 Å². The van der Waals surface area contributed by atoms with Gasteiger partial charge in [0.05, 0.1) is 32.4 Å². The lowest BCUT2D eigenvalue weighted by Crippen LogP contribution is -2.43. The summed E-state index contributed by atoms with van der Waals surface area (Å²) in [4.78, 5) is 25.4. The summed E-state index contributed by atoms with van der Waals surface area (Å²) in [5.41, 5.74) is 1.50. The second-order valence-electron chi connectivity index (χ2n) is 6.45. The third-order valence-electron chi connectivity index (χ3n) is 4.55. The Balaban J connectivity index is 2.41. The maximum absolute atomic E-state index is 12.7. The molecule has 0 saturated carbocycles. The highest BCUT2D eigenvalue weighted by molar-refractivity contribution is 7.92. The average molecular weight is 399 g/mol. The van der Waals surface area contributed by atoms with Gasteiger partial charge in [-0.1, -0.05) is 6.92 Å². The smallest absolute Gasteiger partial charge is 0.305 e. The van der Waals surface area contributed by atoms with Gasteiger partial charge in [0.2, 0.25) is 5.91 Å². The molecule has 0 aromatic heterocycles. The maximum Gasteiger partial charge on any atom is 0.305 e. The van der Waals surface area contributed by atoms with Gasteiger partial charge in [0.25, 0.3) is 0 Å². The van der Waals surface area contributed by atoms with Crippen LogP contribution in [-0.4, -0.2) is 62.6 Å². The standard InChI is InChI=1S/C18H25NO7S/c1-4-7-27(23,24)11-17(20)19-6-5-12-8-15(25-2)16(26-3)9-13(12)14(19)10-18(21)22/h8-9,14H,4-7,10-11H2,1-3H3,(H,21,22). The Labute approximate surface area is 159 Å². The van der Waals surface area contributed by atoms with E-state index in [2.05, 4.69) is 0 Å². The lowest BCUT2D eigenvalue weighted by atomic mass is 9.90. The molecule has 1 N–H and O–H groups in total. The van der Waals surface area contributed by atoms with Crippen molar-refractivity contribution in [1.82, 2.24) is 4.90 Å². The van der Waals surface area contributed by atoms with Crippen molar-refractivity contribution >= 4 is 21.7 Å². The van der Waals surface area contributed by atoms with Crippen LogP contribution >= 0.6 is 0 Å². The number of nitrogens with zero attached hydrogens (tertiary/aromatic N) is 1. The van der Waals surface area contributed by atoms with Crippen LogP contribution in [0.1, 0.15) is 36.9 Å². The number of carbonyl (C=O) groups is 2. The van der Waals surface area contributed by atoms with Crippen molar-refractivity contribution in [2.24, 2.45) is 0 Å². The van der Waals surface area contributed by atoms with Crippen molar-refractivity contribution in [3.63, 3.8) is 0 Å². The number of ether oxygens (including phenoxy) is 2. The second kappa shape index (κ2) is 8.60. The molecular formula is C18H25NO7S. The molecule has 8 nitrogen and oxygen atoms in total. The van der Waals surface area contributed by atoms with Crippen LogP contribution in [0.2, 0.25) is 0 Å². The van der Waals surface area contributed by atoms with Gasteiger partial charge in [-0.15, -0.1) is 0 Å². The van der Waals surface area contributed by atoms with Crippen molar-refractivity contribution in [1.29, 1.82) is 0 Å². The minimum absolute atomic E-state index is 0.0716. The number of carboxylic acids is 1. The van der Waals surface area contributed by atoms with Crippen LogP contribution in [0.4, 0.5) is 0 Å². The zero-order chi connectivity index (χ0) is 20.2. The maximum atomic E-state index is 12.7. The number of fused-ring (bicyclic) bond motifs is 1. The van der Waals surface area contributed by atoms with Crippen LogP contribution in [0, 0.1) is 0 Å². The predicted octanol–water partition coefficient (Wildman–Crippen LogP) is 1.43. The predicted molar refractivity (Wildman–Crippen MR) is 98.9 cm³/mol. The SMILES string of the molecule is CCCS(=O)(=O)CC(=O)N1CCc2cc(OC)c(OC)cc2C1CC(=O)O. The molecule has 27 heavy (non-hydrogen) atoms.